The normalized spacial score (nSPS) is 25.6. The molecule has 174 valence electrons. The molecular weight excluding hydrogens is 423 g/mol. The van der Waals surface area contributed by atoms with Gasteiger partial charge in [0.1, 0.15) is 5.82 Å². The lowest BCUT2D eigenvalue weighted by atomic mass is 9.63. The number of alkyl halides is 2. The zero-order valence-corrected chi connectivity index (χ0v) is 18.2. The van der Waals surface area contributed by atoms with E-state index in [9.17, 15) is 22.0 Å². The van der Waals surface area contributed by atoms with Crippen LogP contribution in [0.5, 0.6) is 5.75 Å². The Morgan fingerprint density at radius 3 is 2.22 bits per heavy atom. The molecule has 32 heavy (non-hydrogen) atoms. The lowest BCUT2D eigenvalue weighted by Gasteiger charge is -2.42. The van der Waals surface area contributed by atoms with Crippen LogP contribution in [-0.2, 0) is 0 Å². The zero-order chi connectivity index (χ0) is 22.8. The Hall–Kier alpha value is -2.11. The quantitative estimate of drug-likeness (QED) is 0.399. The highest BCUT2D eigenvalue weighted by Gasteiger charge is 2.35. The molecule has 2 aliphatic rings. The summed E-state index contributed by atoms with van der Waals surface area (Å²) < 4.78 is 71.6. The van der Waals surface area contributed by atoms with E-state index in [0.29, 0.717) is 5.92 Å². The van der Waals surface area contributed by atoms with Gasteiger partial charge in [-0.3, -0.25) is 0 Å². The smallest absolute Gasteiger partial charge is 0.387 e. The maximum atomic E-state index is 14.9. The Morgan fingerprint density at radius 2 is 1.56 bits per heavy atom. The van der Waals surface area contributed by atoms with Crippen molar-refractivity contribution < 1.29 is 26.7 Å². The highest BCUT2D eigenvalue weighted by Crippen LogP contribution is 2.48. The van der Waals surface area contributed by atoms with E-state index in [-0.39, 0.29) is 17.0 Å². The Morgan fingerprint density at radius 1 is 0.875 bits per heavy atom. The van der Waals surface area contributed by atoms with Crippen molar-refractivity contribution in [1.82, 2.24) is 0 Å². The molecule has 2 fully saturated rings. The molecule has 0 heterocycles. The number of hydrogen-bond donors (Lipinski definition) is 0. The maximum Gasteiger partial charge on any atom is 0.387 e. The van der Waals surface area contributed by atoms with Gasteiger partial charge in [0, 0.05) is 5.56 Å². The molecule has 1 nitrogen and oxygen atoms in total. The van der Waals surface area contributed by atoms with E-state index in [4.69, 9.17) is 0 Å². The van der Waals surface area contributed by atoms with Crippen molar-refractivity contribution in [3.8, 4) is 16.9 Å². The van der Waals surface area contributed by atoms with Crippen molar-refractivity contribution in [2.45, 2.75) is 70.8 Å². The van der Waals surface area contributed by atoms with Crippen molar-refractivity contribution in [1.29, 1.82) is 0 Å². The first-order valence-corrected chi connectivity index (χ1v) is 11.6. The van der Waals surface area contributed by atoms with E-state index in [1.165, 1.54) is 50.7 Å². The fourth-order valence-electron chi connectivity index (χ4n) is 5.90. The number of hydrogen-bond acceptors (Lipinski definition) is 1. The minimum absolute atomic E-state index is 0.0314. The summed E-state index contributed by atoms with van der Waals surface area (Å²) in [5.74, 6) is -1.70. The molecule has 2 aromatic rings. The van der Waals surface area contributed by atoms with Gasteiger partial charge in [-0.2, -0.15) is 8.78 Å². The first kappa shape index (κ1) is 23.1. The number of benzene rings is 2. The molecule has 2 saturated carbocycles. The summed E-state index contributed by atoms with van der Waals surface area (Å²) in [6, 6.07) is 6.45. The van der Waals surface area contributed by atoms with Crippen molar-refractivity contribution in [2.75, 3.05) is 0 Å². The molecule has 2 aromatic carbocycles. The molecule has 0 radical (unpaired) electrons. The molecule has 4 atom stereocenters. The van der Waals surface area contributed by atoms with Gasteiger partial charge in [-0.15, -0.1) is 0 Å². The molecular formula is C26H29F5O. The van der Waals surface area contributed by atoms with Crippen LogP contribution in [0.1, 0.15) is 69.8 Å². The van der Waals surface area contributed by atoms with Crippen LogP contribution in [-0.4, -0.2) is 6.61 Å². The summed E-state index contributed by atoms with van der Waals surface area (Å²) in [7, 11) is 0. The van der Waals surface area contributed by atoms with Crippen LogP contribution in [0, 0.1) is 35.2 Å². The first-order chi connectivity index (χ1) is 15.4. The van der Waals surface area contributed by atoms with Gasteiger partial charge in [-0.25, -0.2) is 13.2 Å². The average Bonchev–Trinajstić information content (AvgIpc) is 2.76. The number of rotatable bonds is 6. The van der Waals surface area contributed by atoms with Gasteiger partial charge < -0.3 is 4.74 Å². The lowest BCUT2D eigenvalue weighted by molar-refractivity contribution is -0.0546. The Balaban J connectivity index is 1.49. The minimum Gasteiger partial charge on any atom is -0.429 e. The van der Waals surface area contributed by atoms with Gasteiger partial charge in [0.25, 0.3) is 0 Å². The first-order valence-electron chi connectivity index (χ1n) is 11.6. The minimum atomic E-state index is -3.35. The molecule has 0 amide bonds. The summed E-state index contributed by atoms with van der Waals surface area (Å²) in [5.41, 5.74) is 0.895. The molecule has 6 heteroatoms. The molecule has 0 N–H and O–H groups in total. The summed E-state index contributed by atoms with van der Waals surface area (Å²) in [6.07, 6.45) is 9.67. The monoisotopic (exact) mass is 452 g/mol. The zero-order valence-electron chi connectivity index (χ0n) is 18.2. The topological polar surface area (TPSA) is 9.23 Å². The van der Waals surface area contributed by atoms with Crippen molar-refractivity contribution >= 4 is 0 Å². The van der Waals surface area contributed by atoms with Gasteiger partial charge in [-0.1, -0.05) is 38.3 Å². The number of ether oxygens (including phenoxy) is 1. The van der Waals surface area contributed by atoms with Crippen molar-refractivity contribution in [2.24, 2.45) is 17.8 Å². The van der Waals surface area contributed by atoms with Crippen LogP contribution >= 0.6 is 0 Å². The molecule has 0 aromatic heterocycles. The third kappa shape index (κ3) is 4.94. The fraction of sp³-hybridized carbons (Fsp3) is 0.538. The largest absolute Gasteiger partial charge is 0.429 e. The predicted octanol–water partition coefficient (Wildman–Crippen LogP) is 8.47. The van der Waals surface area contributed by atoms with Crippen molar-refractivity contribution in [3.63, 3.8) is 0 Å². The summed E-state index contributed by atoms with van der Waals surface area (Å²) in [6.45, 7) is -1.10. The molecule has 0 spiro atoms. The van der Waals surface area contributed by atoms with Gasteiger partial charge in [0.05, 0.1) is 0 Å². The molecule has 0 bridgehead atoms. The maximum absolute atomic E-state index is 14.9. The highest BCUT2D eigenvalue weighted by molar-refractivity contribution is 5.66. The third-order valence-corrected chi connectivity index (χ3v) is 7.40. The van der Waals surface area contributed by atoms with Crippen LogP contribution in [0.25, 0.3) is 11.1 Å². The van der Waals surface area contributed by atoms with Crippen LogP contribution in [0.2, 0.25) is 0 Å². The third-order valence-electron chi connectivity index (χ3n) is 7.40. The van der Waals surface area contributed by atoms with E-state index in [1.807, 2.05) is 6.07 Å². The van der Waals surface area contributed by atoms with E-state index >= 15 is 0 Å². The van der Waals surface area contributed by atoms with Crippen LogP contribution in [0.15, 0.2) is 30.3 Å². The van der Waals surface area contributed by atoms with Crippen LogP contribution in [0.4, 0.5) is 22.0 Å². The molecule has 1 unspecified atom stereocenters. The Kier molecular flexibility index (Phi) is 7.06. The Labute approximate surface area is 186 Å². The highest BCUT2D eigenvalue weighted by atomic mass is 19.3. The van der Waals surface area contributed by atoms with E-state index in [2.05, 4.69) is 11.7 Å². The van der Waals surface area contributed by atoms with Gasteiger partial charge >= 0.3 is 6.61 Å². The number of halogens is 5. The average molecular weight is 453 g/mol. The molecule has 0 aliphatic heterocycles. The lowest BCUT2D eigenvalue weighted by Crippen LogP contribution is -2.30. The van der Waals surface area contributed by atoms with Crippen LogP contribution in [0.3, 0.4) is 0 Å². The van der Waals surface area contributed by atoms with Crippen LogP contribution < -0.4 is 4.74 Å². The van der Waals surface area contributed by atoms with Crippen molar-refractivity contribution in [3.05, 3.63) is 53.3 Å². The SMILES string of the molecule is CCCC1CC[C@@H]2C[C@H](c3ccc(-c4cc(F)c(OC(F)F)c(F)c4)c(F)c3)CC[C@@H]2C1. The number of fused-ring (bicyclic) bond motifs is 1. The standard InChI is InChI=1S/C26H29F5O/c1-2-3-15-4-5-17-11-18(7-6-16(17)10-15)19-8-9-21(22(27)12-19)20-13-23(28)25(24(29)14-20)32-26(30)31/h8-9,12-18,26H,2-7,10-11H2,1H3/t15?,16-,17-,18-/m1/s1. The second-order valence-electron chi connectivity index (χ2n) is 9.38. The van der Waals surface area contributed by atoms with E-state index < -0.39 is 29.8 Å². The fourth-order valence-corrected chi connectivity index (χ4v) is 5.90. The van der Waals surface area contributed by atoms with E-state index in [0.717, 1.165) is 42.4 Å². The van der Waals surface area contributed by atoms with Gasteiger partial charge in [0.2, 0.25) is 0 Å². The molecule has 2 aliphatic carbocycles. The molecule has 4 rings (SSSR count). The second-order valence-corrected chi connectivity index (χ2v) is 9.38. The predicted molar refractivity (Wildman–Crippen MR) is 114 cm³/mol. The summed E-state index contributed by atoms with van der Waals surface area (Å²) >= 11 is 0. The van der Waals surface area contributed by atoms with Gasteiger partial charge in [-0.05, 0) is 85.1 Å². The second kappa shape index (κ2) is 9.80. The van der Waals surface area contributed by atoms with E-state index in [1.54, 1.807) is 0 Å². The molecule has 0 saturated heterocycles. The van der Waals surface area contributed by atoms with Gasteiger partial charge in [0.15, 0.2) is 17.4 Å². The summed E-state index contributed by atoms with van der Waals surface area (Å²) in [4.78, 5) is 0. The Bertz CT molecular complexity index is 921. The summed E-state index contributed by atoms with van der Waals surface area (Å²) in [5, 5.41) is 0.